The number of aromatic hydroxyl groups is 1. The van der Waals surface area contributed by atoms with Crippen LogP contribution in [0.4, 0.5) is 0 Å². The van der Waals surface area contributed by atoms with Gasteiger partial charge in [0.2, 0.25) is 0 Å². The topological polar surface area (TPSA) is 58.6 Å². The highest BCUT2D eigenvalue weighted by molar-refractivity contribution is 7.81. The van der Waals surface area contributed by atoms with Gasteiger partial charge in [0.05, 0.1) is 5.56 Å². The molecule has 1 saturated heterocycles. The van der Waals surface area contributed by atoms with Crippen molar-refractivity contribution in [1.82, 2.24) is 5.32 Å². The Labute approximate surface area is 174 Å². The number of hydrogen-bond acceptors (Lipinski definition) is 6. The lowest BCUT2D eigenvalue weighted by Gasteiger charge is -2.31. The number of phenols is 1. The number of benzene rings is 1. The van der Waals surface area contributed by atoms with Gasteiger partial charge in [-0.1, -0.05) is 48.0 Å². The zero-order chi connectivity index (χ0) is 20.6. The van der Waals surface area contributed by atoms with Crippen molar-refractivity contribution in [3.8, 4) is 5.75 Å². The van der Waals surface area contributed by atoms with Gasteiger partial charge in [0.25, 0.3) is 0 Å². The molecule has 2 N–H and O–H groups in total. The largest absolute Gasteiger partial charge is 0.507 e. The summed E-state index contributed by atoms with van der Waals surface area (Å²) in [7, 11) is 0. The summed E-state index contributed by atoms with van der Waals surface area (Å²) >= 11 is 9.24. The maximum Gasteiger partial charge on any atom is 0.340 e. The minimum Gasteiger partial charge on any atom is -0.507 e. The van der Waals surface area contributed by atoms with Crippen LogP contribution in [0.2, 0.25) is 0 Å². The first-order valence-electron chi connectivity index (χ1n) is 9.58. The van der Waals surface area contributed by atoms with E-state index < -0.39 is 5.97 Å². The average Bonchev–Trinajstić information content (AvgIpc) is 2.50. The van der Waals surface area contributed by atoms with Gasteiger partial charge in [-0.2, -0.15) is 0 Å². The number of thiol groups is 2. The number of carbonyl (C=O) groups is 1. The molecule has 0 saturated carbocycles. The van der Waals surface area contributed by atoms with Crippen molar-refractivity contribution in [2.75, 3.05) is 13.2 Å². The van der Waals surface area contributed by atoms with Crippen LogP contribution < -0.4 is 5.32 Å². The molecule has 0 aliphatic carbocycles. The van der Waals surface area contributed by atoms with Gasteiger partial charge in [0.1, 0.15) is 12.4 Å². The molecule has 1 aliphatic rings. The van der Waals surface area contributed by atoms with E-state index >= 15 is 0 Å². The van der Waals surface area contributed by atoms with Crippen LogP contribution in [-0.2, 0) is 15.6 Å². The summed E-state index contributed by atoms with van der Waals surface area (Å²) in [5.74, 6) is -0.274. The lowest BCUT2D eigenvalue weighted by molar-refractivity contribution is 0.0442. The third-order valence-corrected chi connectivity index (χ3v) is 5.85. The second-order valence-corrected chi connectivity index (χ2v) is 10.3. The predicted octanol–water partition coefficient (Wildman–Crippen LogP) is 4.86. The predicted molar refractivity (Wildman–Crippen MR) is 116 cm³/mol. The molecule has 1 atom stereocenters. The second kappa shape index (κ2) is 8.26. The van der Waals surface area contributed by atoms with Gasteiger partial charge in [0.15, 0.2) is 0 Å². The quantitative estimate of drug-likeness (QED) is 0.424. The van der Waals surface area contributed by atoms with Crippen molar-refractivity contribution in [1.29, 1.82) is 0 Å². The molecule has 1 aliphatic heterocycles. The first-order chi connectivity index (χ1) is 12.4. The van der Waals surface area contributed by atoms with Crippen molar-refractivity contribution >= 4 is 31.2 Å². The van der Waals surface area contributed by atoms with E-state index in [1.54, 1.807) is 0 Å². The lowest BCUT2D eigenvalue weighted by atomic mass is 9.78. The molecule has 4 nitrogen and oxygen atoms in total. The van der Waals surface area contributed by atoms with Crippen LogP contribution in [0.1, 0.15) is 82.3 Å². The normalized spacial score (nSPS) is 18.4. The summed E-state index contributed by atoms with van der Waals surface area (Å²) in [6, 6.07) is 0.190. The van der Waals surface area contributed by atoms with E-state index in [9.17, 15) is 9.90 Å². The third kappa shape index (κ3) is 4.96. The Hall–Kier alpha value is -0.850. The summed E-state index contributed by atoms with van der Waals surface area (Å²) in [5.41, 5.74) is 0.864. The standard InChI is InChI=1S/C21H33NO3S2/c1-20(2,3)14-16(23)15(21(4,5)6)18(27)13(17(14)26)19(24)25-11-12-9-7-8-10-22-12/h12,22-23,26-27H,7-11H2,1-6H3. The average molecular weight is 412 g/mol. The second-order valence-electron chi connectivity index (χ2n) is 9.42. The Morgan fingerprint density at radius 2 is 1.59 bits per heavy atom. The molecule has 0 spiro atoms. The van der Waals surface area contributed by atoms with Crippen molar-refractivity contribution in [3.63, 3.8) is 0 Å². The van der Waals surface area contributed by atoms with Crippen LogP contribution >= 0.6 is 25.3 Å². The number of ether oxygens (including phenoxy) is 1. The van der Waals surface area contributed by atoms with Crippen molar-refractivity contribution < 1.29 is 14.6 Å². The molecule has 1 aromatic carbocycles. The minimum absolute atomic E-state index is 0.162. The minimum atomic E-state index is -0.437. The van der Waals surface area contributed by atoms with Gasteiger partial charge in [0, 0.05) is 27.0 Å². The molecule has 27 heavy (non-hydrogen) atoms. The monoisotopic (exact) mass is 411 g/mol. The molecule has 1 aromatic rings. The van der Waals surface area contributed by atoms with Crippen LogP contribution in [0.5, 0.6) is 5.75 Å². The molecule has 1 fully saturated rings. The van der Waals surface area contributed by atoms with E-state index in [0.29, 0.717) is 33.1 Å². The fraction of sp³-hybridized carbons (Fsp3) is 0.667. The van der Waals surface area contributed by atoms with E-state index in [-0.39, 0.29) is 22.6 Å². The summed E-state index contributed by atoms with van der Waals surface area (Å²) in [6.45, 7) is 13.2. The summed E-state index contributed by atoms with van der Waals surface area (Å²) in [6.07, 6.45) is 3.31. The Balaban J connectivity index is 2.49. The fourth-order valence-electron chi connectivity index (χ4n) is 3.64. The van der Waals surface area contributed by atoms with Crippen LogP contribution in [0.15, 0.2) is 9.79 Å². The molecule has 0 aromatic heterocycles. The summed E-state index contributed by atoms with van der Waals surface area (Å²) < 4.78 is 5.62. The molecule has 0 radical (unpaired) electrons. The Bertz CT molecular complexity index is 671. The highest BCUT2D eigenvalue weighted by Gasteiger charge is 2.34. The molecule has 2 rings (SSSR count). The van der Waals surface area contributed by atoms with E-state index in [4.69, 9.17) is 4.74 Å². The van der Waals surface area contributed by atoms with E-state index in [0.717, 1.165) is 25.8 Å². The molecular formula is C21H33NO3S2. The molecule has 0 amide bonds. The highest BCUT2D eigenvalue weighted by atomic mass is 32.1. The number of nitrogens with one attached hydrogen (secondary N) is 1. The molecule has 1 unspecified atom stereocenters. The number of esters is 1. The zero-order valence-electron chi connectivity index (χ0n) is 17.3. The first-order valence-corrected chi connectivity index (χ1v) is 10.5. The van der Waals surface area contributed by atoms with Gasteiger partial charge >= 0.3 is 5.97 Å². The molecule has 1 heterocycles. The van der Waals surface area contributed by atoms with Gasteiger partial charge < -0.3 is 15.2 Å². The SMILES string of the molecule is CC(C)(C)c1c(O)c(C(C)(C)C)c(S)c(C(=O)OCC2CCCCN2)c1S. The number of rotatable bonds is 3. The van der Waals surface area contributed by atoms with Crippen molar-refractivity contribution in [2.24, 2.45) is 0 Å². The number of phenolic OH excluding ortho intramolecular Hbond substituents is 1. The Morgan fingerprint density at radius 1 is 1.07 bits per heavy atom. The van der Waals surface area contributed by atoms with Gasteiger partial charge in [-0.3, -0.25) is 0 Å². The van der Waals surface area contributed by atoms with E-state index in [1.165, 1.54) is 0 Å². The van der Waals surface area contributed by atoms with Crippen LogP contribution in [0.25, 0.3) is 0 Å². The van der Waals surface area contributed by atoms with E-state index in [2.05, 4.69) is 30.6 Å². The van der Waals surface area contributed by atoms with Crippen LogP contribution in [-0.4, -0.2) is 30.3 Å². The maximum absolute atomic E-state index is 13.0. The summed E-state index contributed by atoms with van der Waals surface area (Å²) in [4.78, 5) is 13.9. The van der Waals surface area contributed by atoms with Crippen molar-refractivity contribution in [2.45, 2.75) is 87.5 Å². The highest BCUT2D eigenvalue weighted by Crippen LogP contribution is 2.47. The van der Waals surface area contributed by atoms with Crippen LogP contribution in [0, 0.1) is 0 Å². The van der Waals surface area contributed by atoms with Crippen molar-refractivity contribution in [3.05, 3.63) is 16.7 Å². The molecule has 152 valence electrons. The zero-order valence-corrected chi connectivity index (χ0v) is 19.1. The number of hydrogen-bond donors (Lipinski definition) is 4. The Morgan fingerprint density at radius 3 is 2.00 bits per heavy atom. The first kappa shape index (κ1) is 22.4. The molecule has 6 heteroatoms. The number of carbonyl (C=O) groups excluding carboxylic acids is 1. The third-order valence-electron chi connectivity index (χ3n) is 4.95. The maximum atomic E-state index is 13.0. The molecule has 0 bridgehead atoms. The van der Waals surface area contributed by atoms with Crippen LogP contribution in [0.3, 0.4) is 0 Å². The molecular weight excluding hydrogens is 378 g/mol. The lowest BCUT2D eigenvalue weighted by Crippen LogP contribution is -2.38. The smallest absolute Gasteiger partial charge is 0.340 e. The van der Waals surface area contributed by atoms with Gasteiger partial charge in [-0.25, -0.2) is 4.79 Å². The van der Waals surface area contributed by atoms with Gasteiger partial charge in [-0.05, 0) is 30.2 Å². The fourth-order valence-corrected chi connectivity index (χ4v) is 5.02. The van der Waals surface area contributed by atoms with E-state index in [1.807, 2.05) is 41.5 Å². The summed E-state index contributed by atoms with van der Waals surface area (Å²) in [5, 5.41) is 14.4. The number of piperidine rings is 1. The van der Waals surface area contributed by atoms with Gasteiger partial charge in [-0.15, -0.1) is 25.3 Å². The Kier molecular flexibility index (Phi) is 6.86.